The molecule has 124 valence electrons. The zero-order valence-electron chi connectivity index (χ0n) is 12.7. The van der Waals surface area contributed by atoms with Gasteiger partial charge in [-0.3, -0.25) is 0 Å². The van der Waals surface area contributed by atoms with Gasteiger partial charge >= 0.3 is 0 Å². The molecule has 1 fully saturated rings. The molecule has 0 aliphatic heterocycles. The van der Waals surface area contributed by atoms with Crippen LogP contribution in [-0.4, -0.2) is 23.2 Å². The Hall–Kier alpha value is -1.96. The normalized spacial score (nSPS) is 16.4. The van der Waals surface area contributed by atoms with Gasteiger partial charge < -0.3 is 0 Å². The van der Waals surface area contributed by atoms with Gasteiger partial charge in [0.1, 0.15) is 12.1 Å². The Morgan fingerprint density at radius 3 is 2.78 bits per heavy atom. The third-order valence-corrected chi connectivity index (χ3v) is 5.16. The predicted octanol–water partition coefficient (Wildman–Crippen LogP) is 2.86. The van der Waals surface area contributed by atoms with Gasteiger partial charge in [-0.05, 0) is 30.5 Å². The maximum atomic E-state index is 13.1. The molecule has 0 bridgehead atoms. The molecule has 1 aliphatic carbocycles. The summed E-state index contributed by atoms with van der Waals surface area (Å²) in [7, 11) is -3.68. The summed E-state index contributed by atoms with van der Waals surface area (Å²) in [6, 6.07) is 5.81. The van der Waals surface area contributed by atoms with E-state index in [0.29, 0.717) is 5.56 Å². The van der Waals surface area contributed by atoms with Crippen LogP contribution in [0.25, 0.3) is 0 Å². The van der Waals surface area contributed by atoms with Crippen LogP contribution < -0.4 is 4.72 Å². The molecule has 23 heavy (non-hydrogen) atoms. The van der Waals surface area contributed by atoms with E-state index in [1.807, 2.05) is 0 Å². The molecule has 1 saturated carbocycles. The number of hydrogen-bond donors (Lipinski definition) is 1. The highest BCUT2D eigenvalue weighted by Gasteiger charge is 2.19. The van der Waals surface area contributed by atoms with Crippen molar-refractivity contribution in [3.63, 3.8) is 0 Å². The first-order valence-electron chi connectivity index (χ1n) is 7.68. The van der Waals surface area contributed by atoms with Gasteiger partial charge in [0, 0.05) is 0 Å². The smallest absolute Gasteiger partial charge is 0.250 e. The lowest BCUT2D eigenvalue weighted by Crippen LogP contribution is -2.17. The first-order valence-corrected chi connectivity index (χ1v) is 9.33. The van der Waals surface area contributed by atoms with E-state index in [1.54, 1.807) is 17.1 Å². The van der Waals surface area contributed by atoms with Crippen molar-refractivity contribution in [2.45, 2.75) is 43.9 Å². The van der Waals surface area contributed by atoms with Gasteiger partial charge in [-0.15, -0.1) is 5.10 Å². The van der Waals surface area contributed by atoms with E-state index in [9.17, 15) is 12.8 Å². The van der Waals surface area contributed by atoms with Gasteiger partial charge in [0.15, 0.2) is 0 Å². The molecule has 0 radical (unpaired) electrons. The van der Waals surface area contributed by atoms with Crippen LogP contribution in [0.5, 0.6) is 0 Å². The molecule has 0 spiro atoms. The summed E-state index contributed by atoms with van der Waals surface area (Å²) >= 11 is 0. The Bertz CT molecular complexity index is 769. The maximum absolute atomic E-state index is 13.1. The van der Waals surface area contributed by atoms with Gasteiger partial charge in [0.2, 0.25) is 10.0 Å². The lowest BCUT2D eigenvalue weighted by molar-refractivity contribution is 0.329. The molecule has 3 rings (SSSR count). The van der Waals surface area contributed by atoms with Crippen LogP contribution >= 0.6 is 0 Å². The standard InChI is InChI=1S/C15H19FN4O2S/c16-13-6-4-5-12(9-13)10-23(21,22)19-15-17-11-20(18-15)14-7-2-1-3-8-14/h4-6,9,11,14H,1-3,7-8,10H2,(H,18,19). The van der Waals surface area contributed by atoms with E-state index in [1.165, 1.54) is 24.6 Å². The van der Waals surface area contributed by atoms with Crippen LogP contribution in [0.4, 0.5) is 10.3 Å². The molecule has 0 atom stereocenters. The summed E-state index contributed by atoms with van der Waals surface area (Å²) in [5.74, 6) is -0.715. The maximum Gasteiger partial charge on any atom is 0.255 e. The highest BCUT2D eigenvalue weighted by atomic mass is 32.2. The lowest BCUT2D eigenvalue weighted by Gasteiger charge is -2.21. The zero-order valence-corrected chi connectivity index (χ0v) is 13.5. The van der Waals surface area contributed by atoms with Crippen molar-refractivity contribution in [3.05, 3.63) is 42.0 Å². The second-order valence-corrected chi connectivity index (χ2v) is 7.55. The van der Waals surface area contributed by atoms with Crippen LogP contribution in [0.3, 0.4) is 0 Å². The number of nitrogens with zero attached hydrogens (tertiary/aromatic N) is 3. The molecular weight excluding hydrogens is 319 g/mol. The number of rotatable bonds is 5. The number of halogens is 1. The second-order valence-electron chi connectivity index (χ2n) is 5.83. The second kappa shape index (κ2) is 6.66. The summed E-state index contributed by atoms with van der Waals surface area (Å²) in [5.41, 5.74) is 0.379. The molecule has 0 amide bonds. The van der Waals surface area contributed by atoms with Crippen molar-refractivity contribution >= 4 is 16.0 Å². The highest BCUT2D eigenvalue weighted by Crippen LogP contribution is 2.27. The number of aromatic nitrogens is 3. The van der Waals surface area contributed by atoms with Crippen LogP contribution in [-0.2, 0) is 15.8 Å². The summed E-state index contributed by atoms with van der Waals surface area (Å²) in [5, 5.41) is 4.22. The molecule has 1 heterocycles. The Morgan fingerprint density at radius 1 is 1.26 bits per heavy atom. The van der Waals surface area contributed by atoms with Crippen LogP contribution in [0, 0.1) is 5.82 Å². The van der Waals surface area contributed by atoms with Gasteiger partial charge in [-0.25, -0.2) is 22.2 Å². The largest absolute Gasteiger partial charge is 0.255 e. The number of benzene rings is 1. The average molecular weight is 338 g/mol. The number of anilines is 1. The third kappa shape index (κ3) is 4.28. The quantitative estimate of drug-likeness (QED) is 0.909. The van der Waals surface area contributed by atoms with Crippen molar-refractivity contribution in [2.24, 2.45) is 0 Å². The minimum Gasteiger partial charge on any atom is -0.250 e. The fraction of sp³-hybridized carbons (Fsp3) is 0.467. The molecule has 8 heteroatoms. The predicted molar refractivity (Wildman–Crippen MR) is 84.8 cm³/mol. The molecule has 6 nitrogen and oxygen atoms in total. The molecule has 1 aromatic heterocycles. The van der Waals surface area contributed by atoms with Crippen molar-refractivity contribution in [1.29, 1.82) is 0 Å². The fourth-order valence-corrected chi connectivity index (χ4v) is 3.93. The summed E-state index contributed by atoms with van der Waals surface area (Å²) < 4.78 is 41.5. The number of sulfonamides is 1. The van der Waals surface area contributed by atoms with Crippen LogP contribution in [0.2, 0.25) is 0 Å². The lowest BCUT2D eigenvalue weighted by atomic mass is 9.96. The van der Waals surface area contributed by atoms with E-state index in [2.05, 4.69) is 14.8 Å². The Kier molecular flexibility index (Phi) is 4.61. The van der Waals surface area contributed by atoms with E-state index < -0.39 is 15.8 Å². The minimum absolute atomic E-state index is 0.0620. The van der Waals surface area contributed by atoms with E-state index in [0.717, 1.165) is 25.7 Å². The van der Waals surface area contributed by atoms with Crippen molar-refractivity contribution in [2.75, 3.05) is 4.72 Å². The zero-order chi connectivity index (χ0) is 16.3. The molecule has 1 N–H and O–H groups in total. The Balaban J connectivity index is 1.67. The minimum atomic E-state index is -3.68. The summed E-state index contributed by atoms with van der Waals surface area (Å²) in [6.07, 6.45) is 7.20. The van der Waals surface area contributed by atoms with Crippen molar-refractivity contribution in [1.82, 2.24) is 14.8 Å². The third-order valence-electron chi connectivity index (χ3n) is 3.95. The fourth-order valence-electron chi connectivity index (χ4n) is 2.86. The number of hydrogen-bond acceptors (Lipinski definition) is 4. The van der Waals surface area contributed by atoms with Crippen LogP contribution in [0.1, 0.15) is 43.7 Å². The monoisotopic (exact) mass is 338 g/mol. The summed E-state index contributed by atoms with van der Waals surface area (Å²) in [6.45, 7) is 0. The van der Waals surface area contributed by atoms with Gasteiger partial charge in [-0.1, -0.05) is 31.4 Å². The van der Waals surface area contributed by atoms with Crippen molar-refractivity contribution < 1.29 is 12.8 Å². The first kappa shape index (κ1) is 15.9. The van der Waals surface area contributed by atoms with Gasteiger partial charge in [0.25, 0.3) is 5.95 Å². The highest BCUT2D eigenvalue weighted by molar-refractivity contribution is 7.91. The van der Waals surface area contributed by atoms with Crippen LogP contribution in [0.15, 0.2) is 30.6 Å². The van der Waals surface area contributed by atoms with E-state index >= 15 is 0 Å². The van der Waals surface area contributed by atoms with Crippen molar-refractivity contribution in [3.8, 4) is 0 Å². The molecular formula is C15H19FN4O2S. The topological polar surface area (TPSA) is 76.9 Å². The molecule has 0 unspecified atom stereocenters. The molecule has 0 saturated heterocycles. The van der Waals surface area contributed by atoms with Gasteiger partial charge in [0.05, 0.1) is 11.8 Å². The molecule has 1 aliphatic rings. The van der Waals surface area contributed by atoms with E-state index in [-0.39, 0.29) is 17.7 Å². The Morgan fingerprint density at radius 2 is 2.04 bits per heavy atom. The van der Waals surface area contributed by atoms with Gasteiger partial charge in [-0.2, -0.15) is 4.98 Å². The average Bonchev–Trinajstić information content (AvgIpc) is 2.95. The number of nitrogens with one attached hydrogen (secondary N) is 1. The first-order chi connectivity index (χ1) is 11.0. The van der Waals surface area contributed by atoms with E-state index in [4.69, 9.17) is 0 Å². The Labute approximate surface area is 134 Å². The summed E-state index contributed by atoms with van der Waals surface area (Å²) in [4.78, 5) is 4.02. The molecule has 1 aromatic carbocycles. The SMILES string of the molecule is O=S(=O)(Cc1cccc(F)c1)Nc1ncn(C2CCCCC2)n1. The molecule has 2 aromatic rings.